The number of amides is 1. The van der Waals surface area contributed by atoms with Gasteiger partial charge in [0.25, 0.3) is 5.91 Å². The van der Waals surface area contributed by atoms with Crippen LogP contribution in [0.25, 0.3) is 0 Å². The number of carbonyl (C=O) groups excluding carboxylic acids is 2. The van der Waals surface area contributed by atoms with E-state index in [2.05, 4.69) is 0 Å². The molecule has 0 aromatic heterocycles. The molecule has 0 aliphatic heterocycles. The standard InChI is InChI=1S/C10H11NO3/c1-11(10(13)7-12)8-4-3-5-9(6-8)14-2/h3-7H,1-2H3. The maximum Gasteiger partial charge on any atom is 0.290 e. The van der Waals surface area contributed by atoms with Crippen LogP contribution in [0.15, 0.2) is 24.3 Å². The van der Waals surface area contributed by atoms with Gasteiger partial charge in [0, 0.05) is 18.8 Å². The predicted octanol–water partition coefficient (Wildman–Crippen LogP) is 0.857. The molecule has 0 radical (unpaired) electrons. The highest BCUT2D eigenvalue weighted by Crippen LogP contribution is 2.19. The Hall–Kier alpha value is -1.84. The normalized spacial score (nSPS) is 9.29. The number of anilines is 1. The SMILES string of the molecule is COc1cccc(N(C)C(=O)C=O)c1. The Morgan fingerprint density at radius 2 is 2.21 bits per heavy atom. The summed E-state index contributed by atoms with van der Waals surface area (Å²) in [5.74, 6) is 0.0614. The fourth-order valence-electron chi connectivity index (χ4n) is 1.03. The Bertz CT molecular complexity index is 349. The topological polar surface area (TPSA) is 46.6 Å². The highest BCUT2D eigenvalue weighted by Gasteiger charge is 2.09. The van der Waals surface area contributed by atoms with Crippen LogP contribution >= 0.6 is 0 Å². The second-order valence-corrected chi connectivity index (χ2v) is 2.72. The average molecular weight is 193 g/mol. The Morgan fingerprint density at radius 3 is 2.79 bits per heavy atom. The summed E-state index contributed by atoms with van der Waals surface area (Å²) in [5, 5.41) is 0. The van der Waals surface area contributed by atoms with Gasteiger partial charge in [-0.1, -0.05) is 6.07 Å². The number of hydrogen-bond acceptors (Lipinski definition) is 3. The number of carbonyl (C=O) groups is 2. The second kappa shape index (κ2) is 4.41. The van der Waals surface area contributed by atoms with Crippen LogP contribution in [0, 0.1) is 0 Å². The summed E-state index contributed by atoms with van der Waals surface area (Å²) in [6, 6.07) is 6.93. The third-order valence-corrected chi connectivity index (χ3v) is 1.87. The average Bonchev–Trinajstić information content (AvgIpc) is 2.27. The van der Waals surface area contributed by atoms with E-state index in [-0.39, 0.29) is 6.29 Å². The number of methoxy groups -OCH3 is 1. The van der Waals surface area contributed by atoms with E-state index in [1.54, 1.807) is 31.4 Å². The lowest BCUT2D eigenvalue weighted by atomic mass is 10.3. The highest BCUT2D eigenvalue weighted by atomic mass is 16.5. The summed E-state index contributed by atoms with van der Waals surface area (Å²) < 4.78 is 4.99. The molecule has 0 fully saturated rings. The first-order valence-corrected chi connectivity index (χ1v) is 4.06. The Labute approximate surface area is 82.1 Å². The second-order valence-electron chi connectivity index (χ2n) is 2.72. The molecule has 4 nitrogen and oxygen atoms in total. The van der Waals surface area contributed by atoms with E-state index in [1.807, 2.05) is 0 Å². The molecule has 4 heteroatoms. The molecule has 1 aromatic rings. The van der Waals surface area contributed by atoms with Crippen LogP contribution < -0.4 is 9.64 Å². The van der Waals surface area contributed by atoms with Crippen LogP contribution in [-0.2, 0) is 9.59 Å². The molecule has 74 valence electrons. The van der Waals surface area contributed by atoms with Crippen molar-refractivity contribution < 1.29 is 14.3 Å². The molecule has 1 rings (SSSR count). The zero-order valence-corrected chi connectivity index (χ0v) is 8.06. The Kier molecular flexibility index (Phi) is 3.23. The molecule has 0 heterocycles. The van der Waals surface area contributed by atoms with Gasteiger partial charge >= 0.3 is 0 Å². The van der Waals surface area contributed by atoms with Crippen molar-refractivity contribution >= 4 is 17.9 Å². The van der Waals surface area contributed by atoms with Crippen LogP contribution in [0.2, 0.25) is 0 Å². The van der Waals surface area contributed by atoms with Crippen molar-refractivity contribution in [2.45, 2.75) is 0 Å². The molecule has 0 bridgehead atoms. The van der Waals surface area contributed by atoms with E-state index < -0.39 is 5.91 Å². The van der Waals surface area contributed by atoms with Crippen molar-refractivity contribution in [1.29, 1.82) is 0 Å². The van der Waals surface area contributed by atoms with Crippen LogP contribution in [0.5, 0.6) is 5.75 Å². The summed E-state index contributed by atoms with van der Waals surface area (Å²) in [6.45, 7) is 0. The van der Waals surface area contributed by atoms with Crippen LogP contribution in [0.1, 0.15) is 0 Å². The first-order chi connectivity index (χ1) is 6.69. The van der Waals surface area contributed by atoms with E-state index in [9.17, 15) is 9.59 Å². The lowest BCUT2D eigenvalue weighted by molar-refractivity contribution is -0.129. The van der Waals surface area contributed by atoms with Crippen LogP contribution in [0.4, 0.5) is 5.69 Å². The Morgan fingerprint density at radius 1 is 1.50 bits per heavy atom. The van der Waals surface area contributed by atoms with Crippen molar-refractivity contribution in [2.24, 2.45) is 0 Å². The fraction of sp³-hybridized carbons (Fsp3) is 0.200. The fourth-order valence-corrected chi connectivity index (χ4v) is 1.03. The van der Waals surface area contributed by atoms with Crippen molar-refractivity contribution in [3.05, 3.63) is 24.3 Å². The zero-order chi connectivity index (χ0) is 10.6. The summed E-state index contributed by atoms with van der Waals surface area (Å²) >= 11 is 0. The van der Waals surface area contributed by atoms with E-state index in [0.717, 1.165) is 0 Å². The molecular weight excluding hydrogens is 182 g/mol. The van der Waals surface area contributed by atoms with Gasteiger partial charge in [0.05, 0.1) is 7.11 Å². The summed E-state index contributed by atoms with van der Waals surface area (Å²) in [7, 11) is 3.08. The summed E-state index contributed by atoms with van der Waals surface area (Å²) in [6.07, 6.45) is 0.277. The number of hydrogen-bond donors (Lipinski definition) is 0. The van der Waals surface area contributed by atoms with Crippen LogP contribution in [0.3, 0.4) is 0 Å². The first-order valence-electron chi connectivity index (χ1n) is 4.06. The molecule has 0 unspecified atom stereocenters. The summed E-state index contributed by atoms with van der Waals surface area (Å²) in [5.41, 5.74) is 0.626. The van der Waals surface area contributed by atoms with Gasteiger partial charge in [-0.15, -0.1) is 0 Å². The third-order valence-electron chi connectivity index (χ3n) is 1.87. The Balaban J connectivity index is 2.94. The maximum atomic E-state index is 11.0. The van der Waals surface area contributed by atoms with Crippen molar-refractivity contribution in [3.8, 4) is 5.75 Å². The van der Waals surface area contributed by atoms with Gasteiger partial charge in [0.1, 0.15) is 5.75 Å². The molecule has 0 spiro atoms. The van der Waals surface area contributed by atoms with Crippen molar-refractivity contribution in [1.82, 2.24) is 0 Å². The van der Waals surface area contributed by atoms with E-state index in [4.69, 9.17) is 4.74 Å². The minimum absolute atomic E-state index is 0.277. The molecule has 14 heavy (non-hydrogen) atoms. The third kappa shape index (κ3) is 2.10. The lowest BCUT2D eigenvalue weighted by Gasteiger charge is -2.14. The van der Waals surface area contributed by atoms with Crippen molar-refractivity contribution in [2.75, 3.05) is 19.1 Å². The number of ether oxygens (including phenoxy) is 1. The molecular formula is C10H11NO3. The monoisotopic (exact) mass is 193 g/mol. The lowest BCUT2D eigenvalue weighted by Crippen LogP contribution is -2.26. The molecule has 0 atom stereocenters. The molecule has 1 amide bonds. The minimum atomic E-state index is -0.585. The number of nitrogens with zero attached hydrogens (tertiary/aromatic N) is 1. The minimum Gasteiger partial charge on any atom is -0.497 e. The number of benzene rings is 1. The molecule has 0 N–H and O–H groups in total. The van der Waals surface area contributed by atoms with E-state index >= 15 is 0 Å². The quantitative estimate of drug-likeness (QED) is 0.528. The maximum absolute atomic E-state index is 11.0. The largest absolute Gasteiger partial charge is 0.497 e. The molecule has 1 aromatic carbocycles. The number of rotatable bonds is 3. The van der Waals surface area contributed by atoms with Gasteiger partial charge in [0.15, 0.2) is 0 Å². The van der Waals surface area contributed by atoms with Gasteiger partial charge in [0.2, 0.25) is 6.29 Å². The van der Waals surface area contributed by atoms with E-state index in [0.29, 0.717) is 11.4 Å². The smallest absolute Gasteiger partial charge is 0.290 e. The van der Waals surface area contributed by atoms with Crippen LogP contribution in [-0.4, -0.2) is 26.4 Å². The van der Waals surface area contributed by atoms with Gasteiger partial charge in [-0.25, -0.2) is 0 Å². The molecule has 0 saturated carbocycles. The molecule has 0 saturated heterocycles. The van der Waals surface area contributed by atoms with Gasteiger partial charge in [-0.3, -0.25) is 9.59 Å². The van der Waals surface area contributed by atoms with Crippen molar-refractivity contribution in [3.63, 3.8) is 0 Å². The number of likely N-dealkylation sites (N-methyl/N-ethyl adjacent to an activating group) is 1. The predicted molar refractivity (Wildman–Crippen MR) is 52.5 cm³/mol. The zero-order valence-electron chi connectivity index (χ0n) is 8.06. The van der Waals surface area contributed by atoms with E-state index in [1.165, 1.54) is 11.9 Å². The van der Waals surface area contributed by atoms with Gasteiger partial charge in [-0.2, -0.15) is 0 Å². The summed E-state index contributed by atoms with van der Waals surface area (Å²) in [4.78, 5) is 22.5. The number of aldehydes is 1. The van der Waals surface area contributed by atoms with Gasteiger partial charge in [-0.05, 0) is 12.1 Å². The highest BCUT2D eigenvalue weighted by molar-refractivity contribution is 6.30. The first kappa shape index (κ1) is 10.2. The molecule has 0 aliphatic rings. The molecule has 0 aliphatic carbocycles. The van der Waals surface area contributed by atoms with Gasteiger partial charge < -0.3 is 9.64 Å².